The minimum absolute atomic E-state index is 0.0644. The van der Waals surface area contributed by atoms with Crippen molar-refractivity contribution in [3.05, 3.63) is 40.3 Å². The summed E-state index contributed by atoms with van der Waals surface area (Å²) >= 11 is 0. The van der Waals surface area contributed by atoms with Crippen LogP contribution >= 0.6 is 0 Å². The van der Waals surface area contributed by atoms with E-state index in [-0.39, 0.29) is 44.6 Å². The number of hydrogen-bond acceptors (Lipinski definition) is 5. The number of nitriles is 1. The number of alkyl halides is 5. The number of halogens is 5. The van der Waals surface area contributed by atoms with E-state index >= 15 is 0 Å². The van der Waals surface area contributed by atoms with Crippen LogP contribution in [0.15, 0.2) is 12.1 Å². The molecule has 200 valence electrons. The summed E-state index contributed by atoms with van der Waals surface area (Å²) < 4.78 is 73.8. The van der Waals surface area contributed by atoms with Gasteiger partial charge in [-0.25, -0.2) is 27.8 Å². The highest BCUT2D eigenvalue weighted by molar-refractivity contribution is 5.91. The fourth-order valence-corrected chi connectivity index (χ4v) is 3.85. The molecule has 0 saturated heterocycles. The molecule has 0 saturated carbocycles. The van der Waals surface area contributed by atoms with Gasteiger partial charge in [-0.3, -0.25) is 0 Å². The molecule has 0 aliphatic carbocycles. The van der Waals surface area contributed by atoms with E-state index in [1.54, 1.807) is 0 Å². The van der Waals surface area contributed by atoms with E-state index in [1.165, 1.54) is 17.7 Å². The first-order valence-electron chi connectivity index (χ1n) is 11.8. The maximum absolute atomic E-state index is 14.9. The first-order valence-corrected chi connectivity index (χ1v) is 11.8. The number of benzene rings is 1. The molecule has 0 aliphatic rings. The molecule has 3 aromatic rings. The Morgan fingerprint density at radius 1 is 0.946 bits per heavy atom. The second kappa shape index (κ2) is 9.23. The summed E-state index contributed by atoms with van der Waals surface area (Å²) in [6.45, 7) is 11.5. The molecular formula is C26H31F5N6. The molecule has 6 nitrogen and oxygen atoms in total. The second-order valence-electron chi connectivity index (χ2n) is 11.1. The Morgan fingerprint density at radius 3 is 2.05 bits per heavy atom. The Morgan fingerprint density at radius 2 is 1.57 bits per heavy atom. The van der Waals surface area contributed by atoms with Gasteiger partial charge in [0.25, 0.3) is 11.8 Å². The van der Waals surface area contributed by atoms with E-state index < -0.39 is 29.0 Å². The lowest BCUT2D eigenvalue weighted by Crippen LogP contribution is -2.20. The second-order valence-corrected chi connectivity index (χ2v) is 11.1. The average molecular weight is 523 g/mol. The number of anilines is 1. The van der Waals surface area contributed by atoms with Crippen molar-refractivity contribution in [1.29, 1.82) is 5.26 Å². The van der Waals surface area contributed by atoms with Crippen LogP contribution in [-0.4, -0.2) is 26.3 Å². The Bertz CT molecular complexity index is 1360. The van der Waals surface area contributed by atoms with Gasteiger partial charge in [-0.2, -0.15) is 14.0 Å². The van der Waals surface area contributed by atoms with Gasteiger partial charge in [0.2, 0.25) is 0 Å². The first-order chi connectivity index (χ1) is 16.7. The molecule has 1 aromatic carbocycles. The van der Waals surface area contributed by atoms with Gasteiger partial charge in [0.1, 0.15) is 17.6 Å². The molecule has 0 atom stereocenters. The maximum Gasteiger partial charge on any atom is 0.287 e. The summed E-state index contributed by atoms with van der Waals surface area (Å²) in [6.07, 6.45) is 0.638. The van der Waals surface area contributed by atoms with Crippen LogP contribution in [0.2, 0.25) is 0 Å². The third-order valence-electron chi connectivity index (χ3n) is 5.79. The van der Waals surface area contributed by atoms with Crippen LogP contribution in [0.4, 0.5) is 27.8 Å². The predicted molar refractivity (Wildman–Crippen MR) is 132 cm³/mol. The summed E-state index contributed by atoms with van der Waals surface area (Å²) in [5, 5.41) is 17.2. The van der Waals surface area contributed by atoms with Crippen molar-refractivity contribution in [1.82, 2.24) is 19.7 Å². The molecule has 0 radical (unpaired) electrons. The van der Waals surface area contributed by atoms with E-state index in [1.807, 2.05) is 26.8 Å². The molecule has 1 N–H and O–H groups in total. The van der Waals surface area contributed by atoms with Crippen molar-refractivity contribution in [2.75, 3.05) is 11.9 Å². The highest BCUT2D eigenvalue weighted by atomic mass is 19.3. The van der Waals surface area contributed by atoms with Crippen molar-refractivity contribution < 1.29 is 22.0 Å². The van der Waals surface area contributed by atoms with E-state index in [2.05, 4.69) is 20.4 Å². The molecule has 0 fully saturated rings. The minimum Gasteiger partial charge on any atom is -0.369 e. The zero-order valence-electron chi connectivity index (χ0n) is 22.2. The quantitative estimate of drug-likeness (QED) is 0.330. The van der Waals surface area contributed by atoms with E-state index in [0.29, 0.717) is 19.9 Å². The molecule has 0 aliphatic heterocycles. The lowest BCUT2D eigenvalue weighted by molar-refractivity contribution is 0.0135. The lowest BCUT2D eigenvalue weighted by atomic mass is 9.92. The molecule has 0 spiro atoms. The van der Waals surface area contributed by atoms with Gasteiger partial charge in [0.05, 0.1) is 16.6 Å². The third-order valence-corrected chi connectivity index (χ3v) is 5.79. The fourth-order valence-electron chi connectivity index (χ4n) is 3.85. The Balaban J connectivity index is 2.43. The van der Waals surface area contributed by atoms with Gasteiger partial charge < -0.3 is 5.32 Å². The number of rotatable bonds is 7. The number of hydrogen-bond donors (Lipinski definition) is 1. The van der Waals surface area contributed by atoms with E-state index in [4.69, 9.17) is 0 Å². The highest BCUT2D eigenvalue weighted by Gasteiger charge is 2.37. The molecule has 0 unspecified atom stereocenters. The topological polar surface area (TPSA) is 79.4 Å². The summed E-state index contributed by atoms with van der Waals surface area (Å²) in [5.41, 5.74) is -3.29. The van der Waals surface area contributed by atoms with Gasteiger partial charge >= 0.3 is 0 Å². The average Bonchev–Trinajstić information content (AvgIpc) is 3.07. The standard InChI is InChI=1S/C26H31F5N6/c1-14-11-16(25(7,28)29)12-15(13-32)18(14)37-21(33-10-9-23(2,3)4)17-19(26(8,30)31)34-22(24(5,6)27)35-20(17)36-37/h11-12,33H,9-10H2,1-8H3. The molecule has 2 heterocycles. The normalized spacial score (nSPS) is 13.2. The van der Waals surface area contributed by atoms with Crippen LogP contribution in [-0.2, 0) is 17.5 Å². The van der Waals surface area contributed by atoms with Gasteiger partial charge in [-0.1, -0.05) is 20.8 Å². The van der Waals surface area contributed by atoms with Gasteiger partial charge in [-0.15, -0.1) is 5.10 Å². The SMILES string of the molecule is Cc1cc(C(C)(F)F)cc(C#N)c1-n1nc2nc(C(C)(C)F)nc(C(C)(F)F)c2c1NCCC(C)(C)C. The van der Waals surface area contributed by atoms with Crippen LogP contribution in [0.1, 0.15) is 83.1 Å². The van der Waals surface area contributed by atoms with Crippen LogP contribution < -0.4 is 5.32 Å². The summed E-state index contributed by atoms with van der Waals surface area (Å²) in [6, 6.07) is 4.18. The van der Waals surface area contributed by atoms with Crippen molar-refractivity contribution in [3.8, 4) is 11.8 Å². The number of nitrogens with one attached hydrogen (secondary N) is 1. The largest absolute Gasteiger partial charge is 0.369 e. The highest BCUT2D eigenvalue weighted by Crippen LogP contribution is 2.40. The van der Waals surface area contributed by atoms with Crippen LogP contribution in [0.3, 0.4) is 0 Å². The van der Waals surface area contributed by atoms with Gasteiger partial charge in [0, 0.05) is 26.0 Å². The fraction of sp³-hybridized carbons (Fsp3) is 0.538. The zero-order chi connectivity index (χ0) is 28.1. The molecule has 3 rings (SSSR count). The van der Waals surface area contributed by atoms with Crippen molar-refractivity contribution in [3.63, 3.8) is 0 Å². The Hall–Kier alpha value is -3.29. The monoisotopic (exact) mass is 522 g/mol. The Kier molecular flexibility index (Phi) is 7.05. The molecule has 0 amide bonds. The minimum atomic E-state index is -3.49. The third kappa shape index (κ3) is 6.00. The number of fused-ring (bicyclic) bond motifs is 1. The Labute approximate surface area is 212 Å². The van der Waals surface area contributed by atoms with Crippen molar-refractivity contribution in [2.24, 2.45) is 5.41 Å². The van der Waals surface area contributed by atoms with Crippen LogP contribution in [0.5, 0.6) is 0 Å². The van der Waals surface area contributed by atoms with Crippen LogP contribution in [0, 0.1) is 23.7 Å². The summed E-state index contributed by atoms with van der Waals surface area (Å²) in [7, 11) is 0. The van der Waals surface area contributed by atoms with Gasteiger partial charge in [-0.05, 0) is 50.3 Å². The number of aryl methyl sites for hydroxylation is 1. The first kappa shape index (κ1) is 28.3. The summed E-state index contributed by atoms with van der Waals surface area (Å²) in [4.78, 5) is 8.02. The maximum atomic E-state index is 14.9. The molecule has 0 bridgehead atoms. The zero-order valence-corrected chi connectivity index (χ0v) is 22.2. The number of nitrogens with zero attached hydrogens (tertiary/aromatic N) is 5. The van der Waals surface area contributed by atoms with Crippen LogP contribution in [0.25, 0.3) is 16.7 Å². The number of aromatic nitrogens is 4. The van der Waals surface area contributed by atoms with E-state index in [9.17, 15) is 27.2 Å². The smallest absolute Gasteiger partial charge is 0.287 e. The van der Waals surface area contributed by atoms with E-state index in [0.717, 1.165) is 26.8 Å². The summed E-state index contributed by atoms with van der Waals surface area (Å²) in [5.74, 6) is -7.10. The molecule has 2 aromatic heterocycles. The lowest BCUT2D eigenvalue weighted by Gasteiger charge is -2.21. The predicted octanol–water partition coefficient (Wildman–Crippen LogP) is 7.27. The molecule has 37 heavy (non-hydrogen) atoms. The van der Waals surface area contributed by atoms with Gasteiger partial charge in [0.15, 0.2) is 17.1 Å². The van der Waals surface area contributed by atoms with Crippen molar-refractivity contribution >= 4 is 16.9 Å². The molecular weight excluding hydrogens is 491 g/mol. The molecule has 11 heteroatoms. The van der Waals surface area contributed by atoms with Crippen molar-refractivity contribution in [2.45, 2.75) is 79.3 Å².